The second-order valence-electron chi connectivity index (χ2n) is 4.86. The van der Waals surface area contributed by atoms with Crippen molar-refractivity contribution in [2.75, 3.05) is 0 Å². The quantitative estimate of drug-likeness (QED) is 0.912. The maximum atomic E-state index is 5.88. The summed E-state index contributed by atoms with van der Waals surface area (Å²) in [4.78, 5) is 4.18. The lowest BCUT2D eigenvalue weighted by Crippen LogP contribution is -2.30. The Bertz CT molecular complexity index is 549. The molecule has 2 N–H and O–H groups in total. The molecule has 0 bridgehead atoms. The van der Waals surface area contributed by atoms with E-state index in [0.717, 1.165) is 5.56 Å². The highest BCUT2D eigenvalue weighted by Crippen LogP contribution is 2.14. The Kier molecular flexibility index (Phi) is 4.19. The highest BCUT2D eigenvalue weighted by molar-refractivity contribution is 6.30. The average molecular weight is 282 g/mol. The van der Waals surface area contributed by atoms with E-state index in [4.69, 9.17) is 26.6 Å². The molecule has 0 saturated heterocycles. The predicted octanol–water partition coefficient (Wildman–Crippen LogP) is 2.63. The fourth-order valence-corrected chi connectivity index (χ4v) is 1.67. The molecule has 0 fully saturated rings. The SMILES string of the molecule is CC(C)(N)c1noc(COCc2cccc(Cl)c2)n1. The Balaban J connectivity index is 1.88. The van der Waals surface area contributed by atoms with E-state index in [1.807, 2.05) is 38.1 Å². The van der Waals surface area contributed by atoms with Crippen LogP contribution in [0.1, 0.15) is 31.1 Å². The van der Waals surface area contributed by atoms with Gasteiger partial charge in [-0.2, -0.15) is 4.98 Å². The van der Waals surface area contributed by atoms with Crippen LogP contribution in [-0.4, -0.2) is 10.1 Å². The molecule has 0 radical (unpaired) electrons. The van der Waals surface area contributed by atoms with Gasteiger partial charge in [0.1, 0.15) is 6.61 Å². The number of ether oxygens (including phenoxy) is 1. The molecule has 2 rings (SSSR count). The van der Waals surface area contributed by atoms with E-state index in [0.29, 0.717) is 23.3 Å². The molecule has 6 heteroatoms. The van der Waals surface area contributed by atoms with Gasteiger partial charge >= 0.3 is 0 Å². The number of benzene rings is 1. The lowest BCUT2D eigenvalue weighted by atomic mass is 10.1. The van der Waals surface area contributed by atoms with Gasteiger partial charge in [0.15, 0.2) is 5.82 Å². The van der Waals surface area contributed by atoms with Crippen LogP contribution in [0.2, 0.25) is 5.02 Å². The van der Waals surface area contributed by atoms with E-state index in [9.17, 15) is 0 Å². The van der Waals surface area contributed by atoms with Crippen molar-refractivity contribution >= 4 is 11.6 Å². The fraction of sp³-hybridized carbons (Fsp3) is 0.385. The van der Waals surface area contributed by atoms with Gasteiger partial charge in [0.2, 0.25) is 0 Å². The Labute approximate surface area is 116 Å². The van der Waals surface area contributed by atoms with Crippen LogP contribution in [0.5, 0.6) is 0 Å². The molecule has 1 heterocycles. The first-order valence-electron chi connectivity index (χ1n) is 5.89. The first-order chi connectivity index (χ1) is 8.95. The summed E-state index contributed by atoms with van der Waals surface area (Å²) in [5, 5.41) is 4.50. The largest absolute Gasteiger partial charge is 0.367 e. The van der Waals surface area contributed by atoms with Gasteiger partial charge in [0.25, 0.3) is 5.89 Å². The molecular formula is C13H16ClN3O2. The Morgan fingerprint density at radius 2 is 2.16 bits per heavy atom. The third-order valence-electron chi connectivity index (χ3n) is 2.43. The minimum Gasteiger partial charge on any atom is -0.367 e. The normalized spacial score (nSPS) is 11.8. The molecule has 0 saturated carbocycles. The van der Waals surface area contributed by atoms with Gasteiger partial charge in [-0.25, -0.2) is 0 Å². The van der Waals surface area contributed by atoms with Crippen molar-refractivity contribution in [3.8, 4) is 0 Å². The molecule has 0 spiro atoms. The smallest absolute Gasteiger partial charge is 0.252 e. The van der Waals surface area contributed by atoms with Gasteiger partial charge in [-0.3, -0.25) is 0 Å². The summed E-state index contributed by atoms with van der Waals surface area (Å²) >= 11 is 5.88. The van der Waals surface area contributed by atoms with E-state index in [2.05, 4.69) is 10.1 Å². The summed E-state index contributed by atoms with van der Waals surface area (Å²) in [7, 11) is 0. The van der Waals surface area contributed by atoms with E-state index in [-0.39, 0.29) is 6.61 Å². The molecule has 1 aromatic carbocycles. The molecule has 19 heavy (non-hydrogen) atoms. The minimum absolute atomic E-state index is 0.246. The first-order valence-corrected chi connectivity index (χ1v) is 6.27. The molecule has 0 atom stereocenters. The number of halogens is 1. The zero-order valence-electron chi connectivity index (χ0n) is 10.9. The van der Waals surface area contributed by atoms with E-state index >= 15 is 0 Å². The summed E-state index contributed by atoms with van der Waals surface area (Å²) < 4.78 is 10.6. The summed E-state index contributed by atoms with van der Waals surface area (Å²) in [5.41, 5.74) is 6.24. The minimum atomic E-state index is -0.616. The number of aromatic nitrogens is 2. The topological polar surface area (TPSA) is 74.2 Å². The molecule has 2 aromatic rings. The monoisotopic (exact) mass is 281 g/mol. The maximum Gasteiger partial charge on any atom is 0.252 e. The molecular weight excluding hydrogens is 266 g/mol. The summed E-state index contributed by atoms with van der Waals surface area (Å²) in [5.74, 6) is 0.879. The van der Waals surface area contributed by atoms with Crippen molar-refractivity contribution in [2.45, 2.75) is 32.6 Å². The van der Waals surface area contributed by atoms with Crippen molar-refractivity contribution in [1.82, 2.24) is 10.1 Å². The van der Waals surface area contributed by atoms with Crippen LogP contribution < -0.4 is 5.73 Å². The molecule has 0 aliphatic carbocycles. The van der Waals surface area contributed by atoms with Gasteiger partial charge in [0, 0.05) is 5.02 Å². The average Bonchev–Trinajstić information content (AvgIpc) is 2.77. The van der Waals surface area contributed by atoms with Crippen LogP contribution in [0.4, 0.5) is 0 Å². The lowest BCUT2D eigenvalue weighted by Gasteiger charge is -2.11. The number of nitrogens with two attached hydrogens (primary N) is 1. The number of rotatable bonds is 5. The van der Waals surface area contributed by atoms with Crippen LogP contribution in [0.25, 0.3) is 0 Å². The van der Waals surface area contributed by atoms with Gasteiger partial charge in [0.05, 0.1) is 12.1 Å². The zero-order valence-corrected chi connectivity index (χ0v) is 11.6. The maximum absolute atomic E-state index is 5.88. The zero-order chi connectivity index (χ0) is 13.9. The summed E-state index contributed by atoms with van der Waals surface area (Å²) in [6, 6.07) is 7.49. The van der Waals surface area contributed by atoms with Crippen molar-refractivity contribution in [3.05, 3.63) is 46.6 Å². The van der Waals surface area contributed by atoms with Gasteiger partial charge in [-0.1, -0.05) is 28.9 Å². The van der Waals surface area contributed by atoms with Gasteiger partial charge in [-0.15, -0.1) is 0 Å². The van der Waals surface area contributed by atoms with Crippen LogP contribution in [-0.2, 0) is 23.5 Å². The number of nitrogens with zero attached hydrogens (tertiary/aromatic N) is 2. The third kappa shape index (κ3) is 4.02. The highest BCUT2D eigenvalue weighted by atomic mass is 35.5. The first kappa shape index (κ1) is 14.0. The van der Waals surface area contributed by atoms with Crippen LogP contribution in [0.15, 0.2) is 28.8 Å². The third-order valence-corrected chi connectivity index (χ3v) is 2.66. The second-order valence-corrected chi connectivity index (χ2v) is 5.29. The van der Waals surface area contributed by atoms with Crippen molar-refractivity contribution < 1.29 is 9.26 Å². The Hall–Kier alpha value is -1.43. The molecule has 5 nitrogen and oxygen atoms in total. The standard InChI is InChI=1S/C13H16ClN3O2/c1-13(2,15)12-16-11(19-17-12)8-18-7-9-4-3-5-10(14)6-9/h3-6H,7-8,15H2,1-2H3. The van der Waals surface area contributed by atoms with Crippen LogP contribution >= 0.6 is 11.6 Å². The van der Waals surface area contributed by atoms with Gasteiger partial charge < -0.3 is 15.0 Å². The highest BCUT2D eigenvalue weighted by Gasteiger charge is 2.21. The summed E-state index contributed by atoms with van der Waals surface area (Å²) in [6.45, 7) is 4.31. The van der Waals surface area contributed by atoms with Gasteiger partial charge in [-0.05, 0) is 31.5 Å². The Morgan fingerprint density at radius 1 is 1.37 bits per heavy atom. The van der Waals surface area contributed by atoms with Crippen molar-refractivity contribution in [2.24, 2.45) is 5.73 Å². The summed E-state index contributed by atoms with van der Waals surface area (Å²) in [6.07, 6.45) is 0. The molecule has 0 aliphatic rings. The Morgan fingerprint density at radius 3 is 2.79 bits per heavy atom. The van der Waals surface area contributed by atoms with E-state index < -0.39 is 5.54 Å². The van der Waals surface area contributed by atoms with E-state index in [1.165, 1.54) is 0 Å². The fourth-order valence-electron chi connectivity index (χ4n) is 1.46. The number of hydrogen-bond donors (Lipinski definition) is 1. The molecule has 0 aliphatic heterocycles. The number of hydrogen-bond acceptors (Lipinski definition) is 5. The van der Waals surface area contributed by atoms with Crippen molar-refractivity contribution in [1.29, 1.82) is 0 Å². The molecule has 102 valence electrons. The molecule has 0 unspecified atom stereocenters. The lowest BCUT2D eigenvalue weighted by molar-refractivity contribution is 0.0850. The van der Waals surface area contributed by atoms with E-state index in [1.54, 1.807) is 0 Å². The van der Waals surface area contributed by atoms with Crippen LogP contribution in [0.3, 0.4) is 0 Å². The molecule has 0 amide bonds. The van der Waals surface area contributed by atoms with Crippen molar-refractivity contribution in [3.63, 3.8) is 0 Å². The molecule has 1 aromatic heterocycles. The predicted molar refractivity (Wildman–Crippen MR) is 71.5 cm³/mol. The second kappa shape index (κ2) is 5.69. The van der Waals surface area contributed by atoms with Crippen LogP contribution in [0, 0.1) is 0 Å².